The van der Waals surface area contributed by atoms with E-state index in [1.54, 1.807) is 7.11 Å². The molecule has 0 saturated carbocycles. The van der Waals surface area contributed by atoms with Crippen LogP contribution in [0.1, 0.15) is 35.7 Å². The first-order chi connectivity index (χ1) is 9.58. The third-order valence-electron chi connectivity index (χ3n) is 3.29. The van der Waals surface area contributed by atoms with E-state index in [9.17, 15) is 4.79 Å². The van der Waals surface area contributed by atoms with Gasteiger partial charge in [-0.1, -0.05) is 38.1 Å². The molecule has 0 aliphatic rings. The van der Waals surface area contributed by atoms with E-state index < -0.39 is 0 Å². The Kier molecular flexibility index (Phi) is 7.44. The summed E-state index contributed by atoms with van der Waals surface area (Å²) in [6, 6.07) is 7.77. The summed E-state index contributed by atoms with van der Waals surface area (Å²) in [4.78, 5) is 14.1. The summed E-state index contributed by atoms with van der Waals surface area (Å²) in [7, 11) is 1.63. The molecule has 20 heavy (non-hydrogen) atoms. The minimum atomic E-state index is 0.0449. The Hall–Kier alpha value is -1.23. The molecule has 0 saturated heterocycles. The zero-order valence-corrected chi connectivity index (χ0v) is 12.6. The second kappa shape index (κ2) is 8.84. The monoisotopic (exact) mass is 279 g/mol. The van der Waals surface area contributed by atoms with Crippen molar-refractivity contribution in [2.75, 3.05) is 40.0 Å². The van der Waals surface area contributed by atoms with Crippen molar-refractivity contribution in [1.29, 1.82) is 0 Å². The Morgan fingerprint density at radius 1 is 1.25 bits per heavy atom. The van der Waals surface area contributed by atoms with Crippen LogP contribution < -0.4 is 0 Å². The fraction of sp³-hybridized carbons (Fsp3) is 0.562. The predicted molar refractivity (Wildman–Crippen MR) is 80.3 cm³/mol. The van der Waals surface area contributed by atoms with Crippen LogP contribution in [0.3, 0.4) is 0 Å². The van der Waals surface area contributed by atoms with Gasteiger partial charge in [-0.05, 0) is 11.5 Å². The van der Waals surface area contributed by atoms with Gasteiger partial charge in [-0.25, -0.2) is 0 Å². The second-order valence-corrected chi connectivity index (χ2v) is 5.19. The number of ketones is 1. The zero-order chi connectivity index (χ0) is 15.0. The van der Waals surface area contributed by atoms with Crippen molar-refractivity contribution in [3.05, 3.63) is 35.4 Å². The summed E-state index contributed by atoms with van der Waals surface area (Å²) < 4.78 is 5.01. The molecule has 0 bridgehead atoms. The molecule has 0 radical (unpaired) electrons. The number of hydrogen-bond donors (Lipinski definition) is 1. The Balaban J connectivity index is 2.63. The molecule has 0 unspecified atom stereocenters. The number of hydrogen-bond acceptors (Lipinski definition) is 4. The fourth-order valence-corrected chi connectivity index (χ4v) is 1.98. The molecule has 0 aromatic heterocycles. The molecule has 0 spiro atoms. The largest absolute Gasteiger partial charge is 0.395 e. The van der Waals surface area contributed by atoms with Crippen LogP contribution in [0.2, 0.25) is 0 Å². The average molecular weight is 279 g/mol. The van der Waals surface area contributed by atoms with Crippen molar-refractivity contribution in [2.45, 2.75) is 19.8 Å². The Bertz CT molecular complexity index is 401. The minimum Gasteiger partial charge on any atom is -0.395 e. The summed E-state index contributed by atoms with van der Waals surface area (Å²) in [6.45, 7) is 6.30. The molecule has 0 heterocycles. The molecule has 4 heteroatoms. The van der Waals surface area contributed by atoms with Gasteiger partial charge in [0.1, 0.15) is 0 Å². The number of aliphatic hydroxyl groups is 1. The molecule has 1 aromatic carbocycles. The van der Waals surface area contributed by atoms with Crippen LogP contribution in [0, 0.1) is 0 Å². The standard InChI is InChI=1S/C16H25NO3/c1-13(2)14-4-6-15(7-5-14)16(19)12-17(8-10-18)9-11-20-3/h4-7,13,18H,8-12H2,1-3H3. The van der Waals surface area contributed by atoms with E-state index in [0.29, 0.717) is 32.2 Å². The summed E-state index contributed by atoms with van der Waals surface area (Å²) in [5, 5.41) is 9.02. The smallest absolute Gasteiger partial charge is 0.176 e. The van der Waals surface area contributed by atoms with E-state index in [1.165, 1.54) is 5.56 Å². The highest BCUT2D eigenvalue weighted by molar-refractivity contribution is 5.97. The van der Waals surface area contributed by atoms with Gasteiger partial charge < -0.3 is 9.84 Å². The van der Waals surface area contributed by atoms with Crippen LogP contribution in [0.4, 0.5) is 0 Å². The van der Waals surface area contributed by atoms with Crippen LogP contribution in [0.15, 0.2) is 24.3 Å². The first-order valence-electron chi connectivity index (χ1n) is 7.03. The third-order valence-corrected chi connectivity index (χ3v) is 3.29. The lowest BCUT2D eigenvalue weighted by Crippen LogP contribution is -2.35. The van der Waals surface area contributed by atoms with Crippen molar-refractivity contribution < 1.29 is 14.6 Å². The number of rotatable bonds is 9. The van der Waals surface area contributed by atoms with Crippen molar-refractivity contribution in [3.63, 3.8) is 0 Å². The van der Waals surface area contributed by atoms with Gasteiger partial charge >= 0.3 is 0 Å². The fourth-order valence-electron chi connectivity index (χ4n) is 1.98. The number of ether oxygens (including phenoxy) is 1. The van der Waals surface area contributed by atoms with Crippen LogP contribution in [0.25, 0.3) is 0 Å². The molecule has 0 amide bonds. The molecule has 0 aliphatic carbocycles. The molecule has 1 rings (SSSR count). The SMILES string of the molecule is COCCN(CCO)CC(=O)c1ccc(C(C)C)cc1. The highest BCUT2D eigenvalue weighted by Crippen LogP contribution is 2.15. The van der Waals surface area contributed by atoms with Crippen LogP contribution >= 0.6 is 0 Å². The number of Topliss-reactive ketones (excluding diaryl/α,β-unsaturated/α-hetero) is 1. The summed E-state index contributed by atoms with van der Waals surface area (Å²) in [6.07, 6.45) is 0. The normalized spacial score (nSPS) is 11.3. The highest BCUT2D eigenvalue weighted by Gasteiger charge is 2.12. The van der Waals surface area contributed by atoms with Crippen molar-refractivity contribution in [1.82, 2.24) is 4.90 Å². The molecular formula is C16H25NO3. The third kappa shape index (κ3) is 5.41. The topological polar surface area (TPSA) is 49.8 Å². The van der Waals surface area contributed by atoms with Crippen LogP contribution in [-0.2, 0) is 4.74 Å². The van der Waals surface area contributed by atoms with E-state index in [2.05, 4.69) is 13.8 Å². The lowest BCUT2D eigenvalue weighted by atomic mass is 10.0. The maximum Gasteiger partial charge on any atom is 0.176 e. The molecule has 1 aromatic rings. The Labute approximate surface area is 121 Å². The lowest BCUT2D eigenvalue weighted by Gasteiger charge is -2.20. The predicted octanol–water partition coefficient (Wildman–Crippen LogP) is 1.93. The number of nitrogens with zero attached hydrogens (tertiary/aromatic N) is 1. The van der Waals surface area contributed by atoms with Gasteiger partial charge in [0.2, 0.25) is 0 Å². The van der Waals surface area contributed by atoms with E-state index in [1.807, 2.05) is 29.2 Å². The van der Waals surface area contributed by atoms with E-state index in [0.717, 1.165) is 5.56 Å². The molecule has 0 atom stereocenters. The number of benzene rings is 1. The number of aliphatic hydroxyl groups excluding tert-OH is 1. The molecule has 0 fully saturated rings. The Morgan fingerprint density at radius 2 is 1.90 bits per heavy atom. The highest BCUT2D eigenvalue weighted by atomic mass is 16.5. The molecular weight excluding hydrogens is 254 g/mol. The summed E-state index contributed by atoms with van der Waals surface area (Å²) in [5.41, 5.74) is 1.95. The number of carbonyl (C=O) groups is 1. The molecule has 1 N–H and O–H groups in total. The van der Waals surface area contributed by atoms with Gasteiger partial charge in [-0.15, -0.1) is 0 Å². The molecule has 0 aliphatic heterocycles. The summed E-state index contributed by atoms with van der Waals surface area (Å²) in [5.74, 6) is 0.539. The van der Waals surface area contributed by atoms with Crippen molar-refractivity contribution >= 4 is 5.78 Å². The summed E-state index contributed by atoms with van der Waals surface area (Å²) >= 11 is 0. The maximum atomic E-state index is 12.2. The van der Waals surface area contributed by atoms with Crippen molar-refractivity contribution in [2.24, 2.45) is 0 Å². The van der Waals surface area contributed by atoms with E-state index in [4.69, 9.17) is 9.84 Å². The van der Waals surface area contributed by atoms with E-state index >= 15 is 0 Å². The van der Waals surface area contributed by atoms with Gasteiger partial charge in [0, 0.05) is 25.8 Å². The van der Waals surface area contributed by atoms with Crippen molar-refractivity contribution in [3.8, 4) is 0 Å². The van der Waals surface area contributed by atoms with Gasteiger partial charge in [-0.2, -0.15) is 0 Å². The lowest BCUT2D eigenvalue weighted by molar-refractivity contribution is 0.0868. The quantitative estimate of drug-likeness (QED) is 0.702. The first kappa shape index (κ1) is 16.8. The van der Waals surface area contributed by atoms with Gasteiger partial charge in [0.25, 0.3) is 0 Å². The molecule has 112 valence electrons. The average Bonchev–Trinajstić information content (AvgIpc) is 2.45. The zero-order valence-electron chi connectivity index (χ0n) is 12.6. The van der Waals surface area contributed by atoms with Gasteiger partial charge in [0.05, 0.1) is 19.8 Å². The molecule has 4 nitrogen and oxygen atoms in total. The number of carbonyl (C=O) groups excluding carboxylic acids is 1. The second-order valence-electron chi connectivity index (χ2n) is 5.19. The minimum absolute atomic E-state index is 0.0449. The van der Waals surface area contributed by atoms with Gasteiger partial charge in [-0.3, -0.25) is 9.69 Å². The first-order valence-corrected chi connectivity index (χ1v) is 7.03. The maximum absolute atomic E-state index is 12.2. The Morgan fingerprint density at radius 3 is 2.40 bits per heavy atom. The number of methoxy groups -OCH3 is 1. The van der Waals surface area contributed by atoms with Gasteiger partial charge in [0.15, 0.2) is 5.78 Å². The van der Waals surface area contributed by atoms with E-state index in [-0.39, 0.29) is 12.4 Å². The van der Waals surface area contributed by atoms with Crippen LogP contribution in [-0.4, -0.2) is 55.7 Å². The van der Waals surface area contributed by atoms with Crippen LogP contribution in [0.5, 0.6) is 0 Å².